The second-order valence-electron chi connectivity index (χ2n) is 7.81. The molecule has 1 atom stereocenters. The number of nitrogens with zero attached hydrogens (tertiary/aromatic N) is 3. The Balaban J connectivity index is 1.74. The van der Waals surface area contributed by atoms with Crippen LogP contribution in [0.25, 0.3) is 0 Å². The molecular formula is C22H31N3O3. The number of rotatable bonds is 6. The van der Waals surface area contributed by atoms with Gasteiger partial charge in [0.05, 0.1) is 19.8 Å². The van der Waals surface area contributed by atoms with Crippen LogP contribution in [0.15, 0.2) is 24.4 Å². The molecule has 6 heteroatoms. The molecule has 1 unspecified atom stereocenters. The van der Waals surface area contributed by atoms with Crippen LogP contribution in [0.5, 0.6) is 11.5 Å². The lowest BCUT2D eigenvalue weighted by atomic mass is 9.93. The normalized spacial score (nSPS) is 17.1. The first-order valence-corrected chi connectivity index (χ1v) is 9.98. The number of carbonyl (C=O) groups excluding carboxylic acids is 1. The predicted molar refractivity (Wildman–Crippen MR) is 109 cm³/mol. The standard InChI is InChI=1S/C22H31N3O3/c1-15(2)25-16(3)13-23-21(25)11-17-7-6-10-24(14-17)22(26)19-9-8-18(27-4)12-20(19)28-5/h8-9,12-13,15,17H,6-7,10-11,14H2,1-5H3. The minimum absolute atomic E-state index is 0.0209. The first-order chi connectivity index (χ1) is 13.4. The van der Waals surface area contributed by atoms with E-state index in [2.05, 4.69) is 30.3 Å². The number of methoxy groups -OCH3 is 2. The molecule has 1 fully saturated rings. The number of carbonyl (C=O) groups is 1. The summed E-state index contributed by atoms with van der Waals surface area (Å²) in [6.45, 7) is 8.00. The zero-order chi connectivity index (χ0) is 20.3. The number of amides is 1. The molecule has 1 amide bonds. The summed E-state index contributed by atoms with van der Waals surface area (Å²) in [6.07, 6.45) is 4.97. The SMILES string of the molecule is COc1ccc(C(=O)N2CCCC(Cc3ncc(C)n3C(C)C)C2)c(OC)c1. The van der Waals surface area contributed by atoms with Gasteiger partial charge in [-0.05, 0) is 51.7 Å². The molecule has 0 saturated carbocycles. The maximum absolute atomic E-state index is 13.1. The fraction of sp³-hybridized carbons (Fsp3) is 0.545. The van der Waals surface area contributed by atoms with E-state index >= 15 is 0 Å². The Morgan fingerprint density at radius 2 is 2.07 bits per heavy atom. The lowest BCUT2D eigenvalue weighted by Crippen LogP contribution is -2.41. The van der Waals surface area contributed by atoms with Crippen molar-refractivity contribution < 1.29 is 14.3 Å². The van der Waals surface area contributed by atoms with Gasteiger partial charge in [0.25, 0.3) is 5.91 Å². The number of hydrogen-bond donors (Lipinski definition) is 0. The van der Waals surface area contributed by atoms with Gasteiger partial charge in [-0.15, -0.1) is 0 Å². The Kier molecular flexibility index (Phi) is 6.27. The molecule has 6 nitrogen and oxygen atoms in total. The van der Waals surface area contributed by atoms with Gasteiger partial charge < -0.3 is 18.9 Å². The first-order valence-electron chi connectivity index (χ1n) is 9.98. The monoisotopic (exact) mass is 385 g/mol. The van der Waals surface area contributed by atoms with Crippen LogP contribution in [-0.2, 0) is 6.42 Å². The van der Waals surface area contributed by atoms with Gasteiger partial charge in [0, 0.05) is 43.5 Å². The van der Waals surface area contributed by atoms with Gasteiger partial charge in [-0.25, -0.2) is 4.98 Å². The zero-order valence-corrected chi connectivity index (χ0v) is 17.6. The minimum Gasteiger partial charge on any atom is -0.497 e. The number of piperidine rings is 1. The highest BCUT2D eigenvalue weighted by Gasteiger charge is 2.27. The topological polar surface area (TPSA) is 56.6 Å². The molecular weight excluding hydrogens is 354 g/mol. The van der Waals surface area contributed by atoms with Crippen molar-refractivity contribution in [3.05, 3.63) is 41.5 Å². The van der Waals surface area contributed by atoms with E-state index in [-0.39, 0.29) is 5.91 Å². The van der Waals surface area contributed by atoms with Crippen LogP contribution < -0.4 is 9.47 Å². The highest BCUT2D eigenvalue weighted by atomic mass is 16.5. The van der Waals surface area contributed by atoms with Crippen LogP contribution >= 0.6 is 0 Å². The molecule has 1 aromatic carbocycles. The molecule has 28 heavy (non-hydrogen) atoms. The van der Waals surface area contributed by atoms with Gasteiger partial charge in [0.15, 0.2) is 0 Å². The largest absolute Gasteiger partial charge is 0.497 e. The molecule has 152 valence electrons. The van der Waals surface area contributed by atoms with E-state index < -0.39 is 0 Å². The van der Waals surface area contributed by atoms with E-state index in [0.717, 1.165) is 38.2 Å². The van der Waals surface area contributed by atoms with Gasteiger partial charge in [-0.2, -0.15) is 0 Å². The van der Waals surface area contributed by atoms with Gasteiger partial charge in [-0.1, -0.05) is 0 Å². The summed E-state index contributed by atoms with van der Waals surface area (Å²) >= 11 is 0. The first kappa shape index (κ1) is 20.2. The van der Waals surface area contributed by atoms with E-state index in [9.17, 15) is 4.79 Å². The van der Waals surface area contributed by atoms with Crippen LogP contribution in [-0.4, -0.2) is 47.7 Å². The molecule has 0 radical (unpaired) electrons. The second-order valence-corrected chi connectivity index (χ2v) is 7.81. The van der Waals surface area contributed by atoms with Crippen molar-refractivity contribution in [3.8, 4) is 11.5 Å². The summed E-state index contributed by atoms with van der Waals surface area (Å²) in [5.41, 5.74) is 1.78. The lowest BCUT2D eigenvalue weighted by Gasteiger charge is -2.33. The summed E-state index contributed by atoms with van der Waals surface area (Å²) < 4.78 is 13.0. The van der Waals surface area contributed by atoms with Crippen LogP contribution in [0.3, 0.4) is 0 Å². The van der Waals surface area contributed by atoms with E-state index in [1.165, 1.54) is 5.69 Å². The van der Waals surface area contributed by atoms with Crippen LogP contribution in [0.4, 0.5) is 0 Å². The van der Waals surface area contributed by atoms with Crippen molar-refractivity contribution in [2.75, 3.05) is 27.3 Å². The van der Waals surface area contributed by atoms with Gasteiger partial charge in [0.2, 0.25) is 0 Å². The smallest absolute Gasteiger partial charge is 0.257 e. The molecule has 1 aliphatic heterocycles. The Labute approximate surface area is 167 Å². The highest BCUT2D eigenvalue weighted by Crippen LogP contribution is 2.28. The maximum Gasteiger partial charge on any atom is 0.257 e. The third-order valence-corrected chi connectivity index (χ3v) is 5.49. The average molecular weight is 386 g/mol. The number of imidazole rings is 1. The fourth-order valence-electron chi connectivity index (χ4n) is 4.17. The Hall–Kier alpha value is -2.50. The van der Waals surface area contributed by atoms with E-state index in [4.69, 9.17) is 9.47 Å². The van der Waals surface area contributed by atoms with E-state index in [0.29, 0.717) is 29.0 Å². The lowest BCUT2D eigenvalue weighted by molar-refractivity contribution is 0.0668. The molecule has 3 rings (SSSR count). The summed E-state index contributed by atoms with van der Waals surface area (Å²) in [4.78, 5) is 19.7. The Morgan fingerprint density at radius 1 is 1.29 bits per heavy atom. The molecule has 2 aromatic rings. The second kappa shape index (κ2) is 8.67. The number of hydrogen-bond acceptors (Lipinski definition) is 4. The van der Waals surface area contributed by atoms with Crippen molar-refractivity contribution in [2.24, 2.45) is 5.92 Å². The van der Waals surface area contributed by atoms with E-state index in [1.807, 2.05) is 11.1 Å². The molecule has 0 spiro atoms. The van der Waals surface area contributed by atoms with Crippen LogP contribution in [0.2, 0.25) is 0 Å². The third-order valence-electron chi connectivity index (χ3n) is 5.49. The average Bonchev–Trinajstić information content (AvgIpc) is 3.07. The molecule has 0 N–H and O–H groups in total. The summed E-state index contributed by atoms with van der Waals surface area (Å²) in [5, 5.41) is 0. The summed E-state index contributed by atoms with van der Waals surface area (Å²) in [7, 11) is 3.19. The van der Waals surface area contributed by atoms with Crippen LogP contribution in [0, 0.1) is 12.8 Å². The molecule has 0 bridgehead atoms. The number of likely N-dealkylation sites (tertiary alicyclic amines) is 1. The zero-order valence-electron chi connectivity index (χ0n) is 17.6. The van der Waals surface area contributed by atoms with Crippen molar-refractivity contribution >= 4 is 5.91 Å². The Bertz CT molecular complexity index is 828. The number of benzene rings is 1. The number of aryl methyl sites for hydroxylation is 1. The quantitative estimate of drug-likeness (QED) is 0.757. The minimum atomic E-state index is 0.0209. The third kappa shape index (κ3) is 4.16. The fourth-order valence-corrected chi connectivity index (χ4v) is 4.17. The summed E-state index contributed by atoms with van der Waals surface area (Å²) in [5.74, 6) is 2.79. The molecule has 1 aromatic heterocycles. The van der Waals surface area contributed by atoms with Crippen molar-refractivity contribution in [1.82, 2.24) is 14.5 Å². The molecule has 1 aliphatic rings. The molecule has 0 aliphatic carbocycles. The van der Waals surface area contributed by atoms with Crippen molar-refractivity contribution in [1.29, 1.82) is 0 Å². The van der Waals surface area contributed by atoms with Gasteiger partial charge in [-0.3, -0.25) is 4.79 Å². The van der Waals surface area contributed by atoms with E-state index in [1.54, 1.807) is 32.4 Å². The van der Waals surface area contributed by atoms with Gasteiger partial charge in [0.1, 0.15) is 17.3 Å². The molecule has 2 heterocycles. The molecule has 1 saturated heterocycles. The number of ether oxygens (including phenoxy) is 2. The maximum atomic E-state index is 13.1. The predicted octanol–water partition coefficient (Wildman–Crippen LogP) is 3.88. The Morgan fingerprint density at radius 3 is 2.75 bits per heavy atom. The summed E-state index contributed by atoms with van der Waals surface area (Å²) in [6, 6.07) is 5.75. The van der Waals surface area contributed by atoms with Crippen LogP contribution in [0.1, 0.15) is 54.6 Å². The number of aromatic nitrogens is 2. The highest BCUT2D eigenvalue weighted by molar-refractivity contribution is 5.97. The van der Waals surface area contributed by atoms with Gasteiger partial charge >= 0.3 is 0 Å². The van der Waals surface area contributed by atoms with Crippen molar-refractivity contribution in [2.45, 2.75) is 46.1 Å². The van der Waals surface area contributed by atoms with Crippen molar-refractivity contribution in [3.63, 3.8) is 0 Å².